The van der Waals surface area contributed by atoms with E-state index in [-0.39, 0.29) is 12.6 Å². The van der Waals surface area contributed by atoms with E-state index in [1.54, 1.807) is 0 Å². The van der Waals surface area contributed by atoms with Crippen molar-refractivity contribution in [2.45, 2.75) is 18.9 Å². The summed E-state index contributed by atoms with van der Waals surface area (Å²) in [6.07, 6.45) is 1.24. The van der Waals surface area contributed by atoms with E-state index in [2.05, 4.69) is 0 Å². The summed E-state index contributed by atoms with van der Waals surface area (Å²) in [7, 11) is 3.68. The molecule has 1 unspecified atom stereocenters. The molecule has 1 aromatic carbocycles. The Labute approximate surface area is 94.5 Å². The minimum absolute atomic E-state index is 0.0765. The Balaban J connectivity index is 2.92. The van der Waals surface area contributed by atoms with Crippen molar-refractivity contribution in [3.8, 4) is 0 Å². The van der Waals surface area contributed by atoms with Gasteiger partial charge in [0, 0.05) is 24.3 Å². The lowest BCUT2D eigenvalue weighted by Crippen LogP contribution is -2.21. The van der Waals surface area contributed by atoms with Crippen LogP contribution in [0.3, 0.4) is 0 Å². The van der Waals surface area contributed by atoms with Crippen molar-refractivity contribution in [1.29, 1.82) is 0 Å². The predicted octanol–water partition coefficient (Wildman–Crippen LogP) is 2.34. The van der Waals surface area contributed by atoms with Gasteiger partial charge >= 0.3 is 0 Å². The molecule has 0 aromatic heterocycles. The smallest absolute Gasteiger partial charge is 0.130 e. The molecule has 0 saturated heterocycles. The van der Waals surface area contributed by atoms with Crippen LogP contribution >= 0.6 is 0 Å². The van der Waals surface area contributed by atoms with Crippen LogP contribution in [0.2, 0.25) is 0 Å². The van der Waals surface area contributed by atoms with Crippen LogP contribution in [0.1, 0.15) is 24.4 Å². The van der Waals surface area contributed by atoms with Crippen molar-refractivity contribution in [2.24, 2.45) is 0 Å². The SMILES string of the molecule is CN(C)C(CCCO)c1ccc(F)cc1F. The largest absolute Gasteiger partial charge is 0.396 e. The van der Waals surface area contributed by atoms with Gasteiger partial charge in [0.1, 0.15) is 11.6 Å². The summed E-state index contributed by atoms with van der Waals surface area (Å²) in [5.74, 6) is -1.10. The molecule has 0 fully saturated rings. The van der Waals surface area contributed by atoms with Crippen LogP contribution in [-0.2, 0) is 0 Å². The minimum Gasteiger partial charge on any atom is -0.396 e. The number of nitrogens with zero attached hydrogens (tertiary/aromatic N) is 1. The molecule has 0 radical (unpaired) electrons. The zero-order chi connectivity index (χ0) is 12.1. The maximum atomic E-state index is 13.6. The van der Waals surface area contributed by atoms with E-state index in [1.807, 2.05) is 19.0 Å². The Morgan fingerprint density at radius 1 is 1.31 bits per heavy atom. The highest BCUT2D eigenvalue weighted by molar-refractivity contribution is 5.22. The maximum absolute atomic E-state index is 13.6. The average Bonchev–Trinajstić information content (AvgIpc) is 2.20. The summed E-state index contributed by atoms with van der Waals surface area (Å²) >= 11 is 0. The van der Waals surface area contributed by atoms with Gasteiger partial charge in [0.05, 0.1) is 0 Å². The molecule has 0 saturated carbocycles. The first-order valence-corrected chi connectivity index (χ1v) is 5.28. The van der Waals surface area contributed by atoms with Gasteiger partial charge in [-0.3, -0.25) is 0 Å². The van der Waals surface area contributed by atoms with E-state index in [0.717, 1.165) is 6.07 Å². The van der Waals surface area contributed by atoms with Crippen molar-refractivity contribution in [2.75, 3.05) is 20.7 Å². The molecule has 1 atom stereocenters. The molecule has 0 aliphatic rings. The first-order valence-electron chi connectivity index (χ1n) is 5.28. The molecule has 1 aromatic rings. The highest BCUT2D eigenvalue weighted by Gasteiger charge is 2.17. The van der Waals surface area contributed by atoms with Gasteiger partial charge in [0.2, 0.25) is 0 Å². The fourth-order valence-electron chi connectivity index (χ4n) is 1.75. The number of rotatable bonds is 5. The average molecular weight is 229 g/mol. The molecule has 0 aliphatic heterocycles. The van der Waals surface area contributed by atoms with Crippen LogP contribution in [0.15, 0.2) is 18.2 Å². The monoisotopic (exact) mass is 229 g/mol. The van der Waals surface area contributed by atoms with Crippen LogP contribution in [0, 0.1) is 11.6 Å². The molecular weight excluding hydrogens is 212 g/mol. The summed E-state index contributed by atoms with van der Waals surface area (Å²) < 4.78 is 26.3. The molecule has 1 N–H and O–H groups in total. The van der Waals surface area contributed by atoms with Crippen molar-refractivity contribution < 1.29 is 13.9 Å². The van der Waals surface area contributed by atoms with Crippen LogP contribution < -0.4 is 0 Å². The van der Waals surface area contributed by atoms with Crippen LogP contribution in [0.4, 0.5) is 8.78 Å². The van der Waals surface area contributed by atoms with Gasteiger partial charge in [-0.1, -0.05) is 6.07 Å². The van der Waals surface area contributed by atoms with Crippen LogP contribution in [0.25, 0.3) is 0 Å². The molecule has 0 spiro atoms. The Hall–Kier alpha value is -1.00. The molecule has 2 nitrogen and oxygen atoms in total. The molecule has 16 heavy (non-hydrogen) atoms. The van der Waals surface area contributed by atoms with Gasteiger partial charge in [-0.05, 0) is 33.0 Å². The summed E-state index contributed by atoms with van der Waals surface area (Å²) in [5.41, 5.74) is 0.472. The Morgan fingerprint density at radius 2 is 2.00 bits per heavy atom. The second kappa shape index (κ2) is 5.92. The fraction of sp³-hybridized carbons (Fsp3) is 0.500. The second-order valence-corrected chi connectivity index (χ2v) is 4.01. The van der Waals surface area contributed by atoms with Gasteiger partial charge in [0.15, 0.2) is 0 Å². The van der Waals surface area contributed by atoms with Gasteiger partial charge in [-0.15, -0.1) is 0 Å². The lowest BCUT2D eigenvalue weighted by molar-refractivity contribution is 0.232. The van der Waals surface area contributed by atoms with E-state index >= 15 is 0 Å². The first kappa shape index (κ1) is 13.1. The summed E-state index contributed by atoms with van der Waals surface area (Å²) in [6.45, 7) is 0.0765. The lowest BCUT2D eigenvalue weighted by Gasteiger charge is -2.24. The third-order valence-electron chi connectivity index (χ3n) is 2.58. The van der Waals surface area contributed by atoms with E-state index in [4.69, 9.17) is 5.11 Å². The van der Waals surface area contributed by atoms with Crippen molar-refractivity contribution in [3.63, 3.8) is 0 Å². The summed E-state index contributed by atoms with van der Waals surface area (Å²) in [4.78, 5) is 1.87. The van der Waals surface area contributed by atoms with Gasteiger partial charge in [0.25, 0.3) is 0 Å². The molecule has 1 rings (SSSR count). The fourth-order valence-corrected chi connectivity index (χ4v) is 1.75. The number of aliphatic hydroxyl groups is 1. The third-order valence-corrected chi connectivity index (χ3v) is 2.58. The topological polar surface area (TPSA) is 23.5 Å². The van der Waals surface area contributed by atoms with Gasteiger partial charge < -0.3 is 10.0 Å². The Morgan fingerprint density at radius 3 is 2.50 bits per heavy atom. The number of hydrogen-bond acceptors (Lipinski definition) is 2. The molecule has 4 heteroatoms. The molecular formula is C12H17F2NO. The highest BCUT2D eigenvalue weighted by Crippen LogP contribution is 2.26. The Kier molecular flexibility index (Phi) is 4.83. The van der Waals surface area contributed by atoms with Crippen molar-refractivity contribution in [3.05, 3.63) is 35.4 Å². The summed E-state index contributed by atoms with van der Waals surface area (Å²) in [6, 6.07) is 3.48. The summed E-state index contributed by atoms with van der Waals surface area (Å²) in [5, 5.41) is 8.78. The predicted molar refractivity (Wildman–Crippen MR) is 59.1 cm³/mol. The third kappa shape index (κ3) is 3.25. The quantitative estimate of drug-likeness (QED) is 0.837. The normalized spacial score (nSPS) is 13.1. The molecule has 90 valence electrons. The van der Waals surface area contributed by atoms with Crippen molar-refractivity contribution >= 4 is 0 Å². The number of halogens is 2. The highest BCUT2D eigenvalue weighted by atomic mass is 19.1. The molecule has 0 aliphatic carbocycles. The molecule has 0 heterocycles. The number of hydrogen-bond donors (Lipinski definition) is 1. The molecule has 0 bridgehead atoms. The number of aliphatic hydroxyl groups excluding tert-OH is 1. The van der Waals surface area contributed by atoms with Crippen LogP contribution in [-0.4, -0.2) is 30.7 Å². The van der Waals surface area contributed by atoms with Crippen LogP contribution in [0.5, 0.6) is 0 Å². The zero-order valence-electron chi connectivity index (χ0n) is 9.58. The molecule has 0 amide bonds. The zero-order valence-corrected chi connectivity index (χ0v) is 9.58. The van der Waals surface area contributed by atoms with E-state index in [1.165, 1.54) is 12.1 Å². The van der Waals surface area contributed by atoms with Crippen molar-refractivity contribution in [1.82, 2.24) is 4.90 Å². The van der Waals surface area contributed by atoms with E-state index < -0.39 is 11.6 Å². The van der Waals surface area contributed by atoms with Gasteiger partial charge in [-0.25, -0.2) is 8.78 Å². The lowest BCUT2D eigenvalue weighted by atomic mass is 10.0. The van der Waals surface area contributed by atoms with E-state index in [0.29, 0.717) is 18.4 Å². The first-order chi connectivity index (χ1) is 7.56. The van der Waals surface area contributed by atoms with E-state index in [9.17, 15) is 8.78 Å². The minimum atomic E-state index is -0.569. The van der Waals surface area contributed by atoms with Gasteiger partial charge in [-0.2, -0.15) is 0 Å². The number of benzene rings is 1. The second-order valence-electron chi connectivity index (χ2n) is 4.01. The Bertz CT molecular complexity index is 342. The standard InChI is InChI=1S/C12H17F2NO/c1-15(2)12(4-3-7-16)10-6-5-9(13)8-11(10)14/h5-6,8,12,16H,3-4,7H2,1-2H3. The maximum Gasteiger partial charge on any atom is 0.130 e.